The summed E-state index contributed by atoms with van der Waals surface area (Å²) in [6.07, 6.45) is 6.33. The molecule has 186 valence electrons. The van der Waals surface area contributed by atoms with Crippen LogP contribution < -0.4 is 10.2 Å². The van der Waals surface area contributed by atoms with Crippen molar-refractivity contribution in [1.82, 2.24) is 15.3 Å². The minimum absolute atomic E-state index is 0.00230. The quantitative estimate of drug-likeness (QED) is 0.312. The summed E-state index contributed by atoms with van der Waals surface area (Å²) in [6.45, 7) is 0.514. The third kappa shape index (κ3) is 4.15. The summed E-state index contributed by atoms with van der Waals surface area (Å²) in [5.74, 6) is -0.127. The number of aromatic nitrogens is 2. The van der Waals surface area contributed by atoms with Crippen LogP contribution in [0.4, 0.5) is 5.69 Å². The Morgan fingerprint density at radius 3 is 2.58 bits per heavy atom. The van der Waals surface area contributed by atoms with Gasteiger partial charge in [0.1, 0.15) is 5.69 Å². The van der Waals surface area contributed by atoms with Gasteiger partial charge in [-0.05, 0) is 72.4 Å². The van der Waals surface area contributed by atoms with Gasteiger partial charge in [-0.3, -0.25) is 14.6 Å². The van der Waals surface area contributed by atoms with Crippen molar-refractivity contribution in [3.63, 3.8) is 0 Å². The zero-order chi connectivity index (χ0) is 25.6. The van der Waals surface area contributed by atoms with Gasteiger partial charge in [0.05, 0.1) is 16.1 Å². The molecule has 1 N–H and O–H groups in total. The van der Waals surface area contributed by atoms with E-state index in [1.165, 1.54) is 11.3 Å². The highest BCUT2D eigenvalue weighted by atomic mass is 32.1. The van der Waals surface area contributed by atoms with Crippen molar-refractivity contribution >= 4 is 39.7 Å². The van der Waals surface area contributed by atoms with Crippen molar-refractivity contribution < 1.29 is 9.59 Å². The normalized spacial score (nSPS) is 14.5. The number of rotatable bonds is 4. The summed E-state index contributed by atoms with van der Waals surface area (Å²) in [7, 11) is 0. The molecule has 6 nitrogen and oxygen atoms in total. The average Bonchev–Trinajstić information content (AvgIpc) is 3.71. The Balaban J connectivity index is 1.23. The maximum atomic E-state index is 13.9. The number of pyridine rings is 2. The van der Waals surface area contributed by atoms with Crippen LogP contribution in [0.3, 0.4) is 0 Å². The Bertz CT molecular complexity index is 1710. The minimum Gasteiger partial charge on any atom is -0.349 e. The largest absolute Gasteiger partial charge is 0.349 e. The second kappa shape index (κ2) is 9.19. The molecule has 7 heteroatoms. The molecule has 2 aromatic carbocycles. The van der Waals surface area contributed by atoms with E-state index in [4.69, 9.17) is 4.98 Å². The van der Waals surface area contributed by atoms with E-state index in [0.717, 1.165) is 61.4 Å². The second-order valence-electron chi connectivity index (χ2n) is 9.78. The fraction of sp³-hybridized carbons (Fsp3) is 0.161. The summed E-state index contributed by atoms with van der Waals surface area (Å²) in [4.78, 5) is 39.1. The number of anilines is 1. The van der Waals surface area contributed by atoms with Crippen LogP contribution in [0.1, 0.15) is 38.6 Å². The number of benzene rings is 2. The molecule has 1 aliphatic carbocycles. The minimum atomic E-state index is -0.129. The Kier molecular flexibility index (Phi) is 5.51. The summed E-state index contributed by atoms with van der Waals surface area (Å²) in [5.41, 5.74) is 6.20. The van der Waals surface area contributed by atoms with E-state index in [-0.39, 0.29) is 11.8 Å². The zero-order valence-corrected chi connectivity index (χ0v) is 21.4. The van der Waals surface area contributed by atoms with Crippen molar-refractivity contribution in [2.24, 2.45) is 0 Å². The number of amides is 2. The molecular weight excluding hydrogens is 492 g/mol. The number of hydrogen-bond acceptors (Lipinski definition) is 5. The van der Waals surface area contributed by atoms with E-state index < -0.39 is 0 Å². The Labute approximate surface area is 224 Å². The standard InChI is InChI=1S/C31H24N4O2S/c36-30(33-23-8-9-23)28-18-22-13-16-35(27-4-2-1-3-24(27)29(22)38-28)31(37)25-10-7-20-5-6-21(17-26(20)34-25)19-11-14-32-15-12-19/h1-7,10-12,14-15,17-18,23H,8-9,13,16H2,(H,33,36). The molecule has 2 aliphatic rings. The second-order valence-corrected chi connectivity index (χ2v) is 10.8. The zero-order valence-electron chi connectivity index (χ0n) is 20.6. The number of para-hydroxylation sites is 1. The number of thiophene rings is 1. The fourth-order valence-corrected chi connectivity index (χ4v) is 6.15. The van der Waals surface area contributed by atoms with Gasteiger partial charge in [0.2, 0.25) is 0 Å². The summed E-state index contributed by atoms with van der Waals surface area (Å²) < 4.78 is 0. The maximum absolute atomic E-state index is 13.9. The number of carbonyl (C=O) groups excluding carboxylic acids is 2. The molecule has 38 heavy (non-hydrogen) atoms. The highest BCUT2D eigenvalue weighted by Crippen LogP contribution is 2.42. The molecule has 3 aromatic heterocycles. The summed E-state index contributed by atoms with van der Waals surface area (Å²) in [6, 6.07) is 24.1. The first-order valence-corrected chi connectivity index (χ1v) is 13.6. The Morgan fingerprint density at radius 1 is 0.921 bits per heavy atom. The number of nitrogens with one attached hydrogen (secondary N) is 1. The predicted molar refractivity (Wildman–Crippen MR) is 151 cm³/mol. The molecule has 0 atom stereocenters. The fourth-order valence-electron chi connectivity index (χ4n) is 5.00. The van der Waals surface area contributed by atoms with E-state index in [2.05, 4.69) is 16.4 Å². The van der Waals surface area contributed by atoms with E-state index in [9.17, 15) is 9.59 Å². The lowest BCUT2D eigenvalue weighted by Gasteiger charge is -2.22. The molecule has 0 bridgehead atoms. The average molecular weight is 517 g/mol. The number of nitrogens with zero attached hydrogens (tertiary/aromatic N) is 3. The number of fused-ring (bicyclic) bond motifs is 4. The Hall–Kier alpha value is -4.36. The monoisotopic (exact) mass is 516 g/mol. The van der Waals surface area contributed by atoms with Crippen LogP contribution >= 0.6 is 11.3 Å². The molecule has 1 fully saturated rings. The van der Waals surface area contributed by atoms with E-state index >= 15 is 0 Å². The van der Waals surface area contributed by atoms with Gasteiger partial charge >= 0.3 is 0 Å². The first-order chi connectivity index (χ1) is 18.6. The van der Waals surface area contributed by atoms with E-state index in [1.54, 1.807) is 18.5 Å². The van der Waals surface area contributed by atoms with Gasteiger partial charge in [0.15, 0.2) is 0 Å². The number of hydrogen-bond donors (Lipinski definition) is 1. The van der Waals surface area contributed by atoms with Crippen LogP contribution in [0.2, 0.25) is 0 Å². The van der Waals surface area contributed by atoms with Crippen molar-refractivity contribution in [2.45, 2.75) is 25.3 Å². The van der Waals surface area contributed by atoms with Crippen LogP contribution in [0.25, 0.3) is 32.5 Å². The third-order valence-electron chi connectivity index (χ3n) is 7.16. The summed E-state index contributed by atoms with van der Waals surface area (Å²) in [5, 5.41) is 4.07. The SMILES string of the molecule is O=C(NC1CC1)c1cc2c(s1)-c1ccccc1N(C(=O)c1ccc3ccc(-c4ccncc4)cc3n1)CC2. The number of carbonyl (C=O) groups is 2. The molecule has 7 rings (SSSR count). The first kappa shape index (κ1) is 22.8. The lowest BCUT2D eigenvalue weighted by atomic mass is 10.0. The van der Waals surface area contributed by atoms with E-state index in [0.29, 0.717) is 24.7 Å². The predicted octanol–water partition coefficient (Wildman–Crippen LogP) is 6.12. The van der Waals surface area contributed by atoms with Crippen molar-refractivity contribution in [3.05, 3.63) is 101 Å². The van der Waals surface area contributed by atoms with Crippen LogP contribution in [-0.2, 0) is 6.42 Å². The molecular formula is C31H24N4O2S. The molecule has 5 aromatic rings. The van der Waals surface area contributed by atoms with Crippen LogP contribution in [0.15, 0.2) is 85.2 Å². The van der Waals surface area contributed by atoms with E-state index in [1.807, 2.05) is 65.6 Å². The lowest BCUT2D eigenvalue weighted by Crippen LogP contribution is -2.33. The summed E-state index contributed by atoms with van der Waals surface area (Å²) >= 11 is 1.51. The molecule has 0 unspecified atom stereocenters. The van der Waals surface area contributed by atoms with Crippen LogP contribution in [0, 0.1) is 0 Å². The molecule has 1 aliphatic heterocycles. The van der Waals surface area contributed by atoms with Crippen molar-refractivity contribution in [2.75, 3.05) is 11.4 Å². The lowest BCUT2D eigenvalue weighted by molar-refractivity contribution is 0.0952. The maximum Gasteiger partial charge on any atom is 0.276 e. The topological polar surface area (TPSA) is 75.2 Å². The van der Waals surface area contributed by atoms with Gasteiger partial charge in [0.25, 0.3) is 11.8 Å². The van der Waals surface area contributed by atoms with Gasteiger partial charge in [-0.1, -0.05) is 36.4 Å². The molecule has 0 radical (unpaired) electrons. The first-order valence-electron chi connectivity index (χ1n) is 12.8. The van der Waals surface area contributed by atoms with Crippen molar-refractivity contribution in [3.8, 4) is 21.6 Å². The smallest absolute Gasteiger partial charge is 0.276 e. The molecule has 1 saturated carbocycles. The highest BCUT2D eigenvalue weighted by Gasteiger charge is 2.29. The van der Waals surface area contributed by atoms with Gasteiger partial charge in [-0.15, -0.1) is 11.3 Å². The molecule has 2 amide bonds. The van der Waals surface area contributed by atoms with Crippen LogP contribution in [-0.4, -0.2) is 34.4 Å². The van der Waals surface area contributed by atoms with Gasteiger partial charge in [0, 0.05) is 40.8 Å². The Morgan fingerprint density at radius 2 is 1.74 bits per heavy atom. The molecule has 4 heterocycles. The molecule has 0 saturated heterocycles. The third-order valence-corrected chi connectivity index (χ3v) is 8.37. The van der Waals surface area contributed by atoms with Crippen molar-refractivity contribution in [1.29, 1.82) is 0 Å². The van der Waals surface area contributed by atoms with Gasteiger partial charge < -0.3 is 10.2 Å². The van der Waals surface area contributed by atoms with Gasteiger partial charge in [-0.2, -0.15) is 0 Å². The van der Waals surface area contributed by atoms with Crippen LogP contribution in [0.5, 0.6) is 0 Å². The van der Waals surface area contributed by atoms with Gasteiger partial charge in [-0.25, -0.2) is 4.98 Å². The molecule has 0 spiro atoms. The highest BCUT2D eigenvalue weighted by molar-refractivity contribution is 7.17.